The van der Waals surface area contributed by atoms with E-state index in [1.807, 2.05) is 32.0 Å². The molecular formula is C21H20N2O3S. The van der Waals surface area contributed by atoms with Crippen molar-refractivity contribution in [3.8, 4) is 0 Å². The molecule has 3 aromatic carbocycles. The standard InChI is InChI=1S/C21H20N2O3S/c1-15-8-11-19(14-16(15)2)22-21(24)17-9-12-18(13-10-17)23-27(25,26)20-6-4-3-5-7-20/h3-14,23H,1-2H3,(H,22,24). The highest BCUT2D eigenvalue weighted by Gasteiger charge is 2.14. The lowest BCUT2D eigenvalue weighted by Crippen LogP contribution is -2.14. The maximum Gasteiger partial charge on any atom is 0.261 e. The van der Waals surface area contributed by atoms with E-state index >= 15 is 0 Å². The van der Waals surface area contributed by atoms with E-state index in [0.717, 1.165) is 16.8 Å². The summed E-state index contributed by atoms with van der Waals surface area (Å²) in [4.78, 5) is 12.6. The summed E-state index contributed by atoms with van der Waals surface area (Å²) in [5, 5.41) is 2.84. The Labute approximate surface area is 159 Å². The molecule has 138 valence electrons. The number of aryl methyl sites for hydroxylation is 2. The van der Waals surface area contributed by atoms with Crippen molar-refractivity contribution in [3.63, 3.8) is 0 Å². The first-order valence-electron chi connectivity index (χ1n) is 8.42. The summed E-state index contributed by atoms with van der Waals surface area (Å²) in [7, 11) is -3.65. The van der Waals surface area contributed by atoms with Gasteiger partial charge in [0.05, 0.1) is 4.90 Å². The first kappa shape index (κ1) is 18.7. The zero-order chi connectivity index (χ0) is 19.4. The lowest BCUT2D eigenvalue weighted by Gasteiger charge is -2.10. The molecule has 5 nitrogen and oxygen atoms in total. The molecule has 0 bridgehead atoms. The van der Waals surface area contributed by atoms with Gasteiger partial charge in [-0.1, -0.05) is 24.3 Å². The summed E-state index contributed by atoms with van der Waals surface area (Å²) in [5.74, 6) is -0.254. The number of hydrogen-bond acceptors (Lipinski definition) is 3. The van der Waals surface area contributed by atoms with Crippen LogP contribution in [0.2, 0.25) is 0 Å². The molecule has 0 fully saturated rings. The van der Waals surface area contributed by atoms with E-state index in [-0.39, 0.29) is 10.8 Å². The van der Waals surface area contributed by atoms with E-state index in [1.54, 1.807) is 42.5 Å². The predicted octanol–water partition coefficient (Wildman–Crippen LogP) is 4.36. The number of benzene rings is 3. The number of amides is 1. The van der Waals surface area contributed by atoms with Crippen molar-refractivity contribution in [1.29, 1.82) is 0 Å². The molecule has 3 aromatic rings. The van der Waals surface area contributed by atoms with Gasteiger partial charge in [0.1, 0.15) is 0 Å². The van der Waals surface area contributed by atoms with Gasteiger partial charge < -0.3 is 5.32 Å². The van der Waals surface area contributed by atoms with Gasteiger partial charge in [0, 0.05) is 16.9 Å². The van der Waals surface area contributed by atoms with Crippen molar-refractivity contribution < 1.29 is 13.2 Å². The molecule has 3 rings (SSSR count). The average molecular weight is 380 g/mol. The first-order chi connectivity index (χ1) is 12.8. The largest absolute Gasteiger partial charge is 0.322 e. The Morgan fingerprint density at radius 1 is 0.778 bits per heavy atom. The molecule has 0 heterocycles. The maximum absolute atomic E-state index is 12.4. The molecule has 1 amide bonds. The number of carbonyl (C=O) groups is 1. The summed E-state index contributed by atoms with van der Waals surface area (Å²) < 4.78 is 27.2. The summed E-state index contributed by atoms with van der Waals surface area (Å²) >= 11 is 0. The highest BCUT2D eigenvalue weighted by atomic mass is 32.2. The van der Waals surface area contributed by atoms with Crippen molar-refractivity contribution in [2.24, 2.45) is 0 Å². The van der Waals surface area contributed by atoms with Gasteiger partial charge in [-0.25, -0.2) is 8.42 Å². The van der Waals surface area contributed by atoms with Crippen LogP contribution in [0.5, 0.6) is 0 Å². The number of carbonyl (C=O) groups excluding carboxylic acids is 1. The minimum Gasteiger partial charge on any atom is -0.322 e. The minimum atomic E-state index is -3.65. The van der Waals surface area contributed by atoms with Gasteiger partial charge in [-0.05, 0) is 73.5 Å². The summed E-state index contributed by atoms with van der Waals surface area (Å²) in [6.07, 6.45) is 0. The Kier molecular flexibility index (Phi) is 5.28. The fourth-order valence-electron chi connectivity index (χ4n) is 2.53. The summed E-state index contributed by atoms with van der Waals surface area (Å²) in [5.41, 5.74) is 3.80. The molecule has 0 aromatic heterocycles. The van der Waals surface area contributed by atoms with Crippen LogP contribution in [0.15, 0.2) is 77.7 Å². The monoisotopic (exact) mass is 380 g/mol. The topological polar surface area (TPSA) is 75.3 Å². The van der Waals surface area contributed by atoms with Gasteiger partial charge in [0.2, 0.25) is 0 Å². The molecule has 0 atom stereocenters. The van der Waals surface area contributed by atoms with Gasteiger partial charge in [-0.15, -0.1) is 0 Å². The Bertz CT molecular complexity index is 1060. The summed E-state index contributed by atoms with van der Waals surface area (Å²) in [6, 6.07) is 20.1. The van der Waals surface area contributed by atoms with Crippen LogP contribution in [0.3, 0.4) is 0 Å². The van der Waals surface area contributed by atoms with Crippen molar-refractivity contribution >= 4 is 27.3 Å². The van der Waals surface area contributed by atoms with Gasteiger partial charge >= 0.3 is 0 Å². The van der Waals surface area contributed by atoms with E-state index in [9.17, 15) is 13.2 Å². The maximum atomic E-state index is 12.4. The molecule has 0 radical (unpaired) electrons. The Hall–Kier alpha value is -3.12. The van der Waals surface area contributed by atoms with Crippen LogP contribution in [0.4, 0.5) is 11.4 Å². The van der Waals surface area contributed by atoms with Crippen LogP contribution in [0.25, 0.3) is 0 Å². The number of hydrogen-bond donors (Lipinski definition) is 2. The van der Waals surface area contributed by atoms with E-state index in [2.05, 4.69) is 10.0 Å². The normalized spacial score (nSPS) is 11.0. The third-order valence-electron chi connectivity index (χ3n) is 4.22. The van der Waals surface area contributed by atoms with Crippen molar-refractivity contribution in [1.82, 2.24) is 0 Å². The van der Waals surface area contributed by atoms with Crippen molar-refractivity contribution in [2.75, 3.05) is 10.0 Å². The van der Waals surface area contributed by atoms with E-state index < -0.39 is 10.0 Å². The van der Waals surface area contributed by atoms with Crippen molar-refractivity contribution in [3.05, 3.63) is 89.5 Å². The molecule has 0 aliphatic carbocycles. The predicted molar refractivity (Wildman–Crippen MR) is 108 cm³/mol. The van der Waals surface area contributed by atoms with E-state index in [1.165, 1.54) is 12.1 Å². The Morgan fingerprint density at radius 2 is 1.41 bits per heavy atom. The number of anilines is 2. The van der Waals surface area contributed by atoms with Gasteiger partial charge in [0.15, 0.2) is 0 Å². The Morgan fingerprint density at radius 3 is 2.04 bits per heavy atom. The van der Waals surface area contributed by atoms with E-state index in [4.69, 9.17) is 0 Å². The molecule has 6 heteroatoms. The number of rotatable bonds is 5. The summed E-state index contributed by atoms with van der Waals surface area (Å²) in [6.45, 7) is 3.99. The van der Waals surface area contributed by atoms with Crippen LogP contribution < -0.4 is 10.0 Å². The van der Waals surface area contributed by atoms with Gasteiger partial charge in [0.25, 0.3) is 15.9 Å². The molecule has 0 saturated carbocycles. The fraction of sp³-hybridized carbons (Fsp3) is 0.0952. The molecule has 0 aliphatic rings. The fourth-order valence-corrected chi connectivity index (χ4v) is 3.61. The first-order valence-corrected chi connectivity index (χ1v) is 9.90. The third-order valence-corrected chi connectivity index (χ3v) is 5.61. The third kappa shape index (κ3) is 4.54. The second-order valence-electron chi connectivity index (χ2n) is 6.25. The Balaban J connectivity index is 1.71. The SMILES string of the molecule is Cc1ccc(NC(=O)c2ccc(NS(=O)(=O)c3ccccc3)cc2)cc1C. The number of sulfonamides is 1. The molecule has 2 N–H and O–H groups in total. The molecule has 0 saturated heterocycles. The lowest BCUT2D eigenvalue weighted by atomic mass is 10.1. The quantitative estimate of drug-likeness (QED) is 0.691. The highest BCUT2D eigenvalue weighted by Crippen LogP contribution is 2.18. The van der Waals surface area contributed by atoms with Crippen LogP contribution >= 0.6 is 0 Å². The van der Waals surface area contributed by atoms with Crippen molar-refractivity contribution in [2.45, 2.75) is 18.7 Å². The number of nitrogens with one attached hydrogen (secondary N) is 2. The molecular weight excluding hydrogens is 360 g/mol. The van der Waals surface area contributed by atoms with Crippen LogP contribution in [0, 0.1) is 13.8 Å². The van der Waals surface area contributed by atoms with Gasteiger partial charge in [-0.3, -0.25) is 9.52 Å². The van der Waals surface area contributed by atoms with E-state index in [0.29, 0.717) is 11.3 Å². The molecule has 0 unspecified atom stereocenters. The minimum absolute atomic E-state index is 0.182. The zero-order valence-corrected chi connectivity index (χ0v) is 15.9. The highest BCUT2D eigenvalue weighted by molar-refractivity contribution is 7.92. The van der Waals surface area contributed by atoms with Crippen LogP contribution in [-0.2, 0) is 10.0 Å². The second kappa shape index (κ2) is 7.63. The zero-order valence-electron chi connectivity index (χ0n) is 15.1. The smallest absolute Gasteiger partial charge is 0.261 e. The average Bonchev–Trinajstić information content (AvgIpc) is 2.66. The molecule has 0 aliphatic heterocycles. The van der Waals surface area contributed by atoms with Gasteiger partial charge in [-0.2, -0.15) is 0 Å². The lowest BCUT2D eigenvalue weighted by molar-refractivity contribution is 0.102. The second-order valence-corrected chi connectivity index (χ2v) is 7.93. The molecule has 27 heavy (non-hydrogen) atoms. The molecule has 0 spiro atoms. The van der Waals surface area contributed by atoms with Crippen LogP contribution in [0.1, 0.15) is 21.5 Å². The van der Waals surface area contributed by atoms with Crippen LogP contribution in [-0.4, -0.2) is 14.3 Å².